The molecule has 398 valence electrons. The predicted octanol–water partition coefficient (Wildman–Crippen LogP) is 19.5. The Balaban J connectivity index is 4.29. The summed E-state index contributed by atoms with van der Waals surface area (Å²) in [7, 11) is 0. The van der Waals surface area contributed by atoms with Crippen LogP contribution in [0.4, 0.5) is 0 Å². The van der Waals surface area contributed by atoms with Crippen LogP contribution in [0.2, 0.25) is 0 Å². The van der Waals surface area contributed by atoms with Crippen molar-refractivity contribution in [2.24, 2.45) is 0 Å². The maximum atomic E-state index is 12.8. The molecule has 0 heterocycles. The van der Waals surface area contributed by atoms with Gasteiger partial charge in [0, 0.05) is 19.3 Å². The van der Waals surface area contributed by atoms with Crippen molar-refractivity contribution in [2.45, 2.75) is 264 Å². The number of carbonyl (C=O) groups excluding carboxylic acids is 3. The van der Waals surface area contributed by atoms with Gasteiger partial charge in [-0.25, -0.2) is 0 Å². The summed E-state index contributed by atoms with van der Waals surface area (Å²) >= 11 is 0. The minimum atomic E-state index is -0.793. The van der Waals surface area contributed by atoms with E-state index in [1.165, 1.54) is 70.6 Å². The molecule has 1 atom stereocenters. The van der Waals surface area contributed by atoms with Gasteiger partial charge in [-0.05, 0) is 122 Å². The van der Waals surface area contributed by atoms with Crippen LogP contribution in [0.5, 0.6) is 0 Å². The van der Waals surface area contributed by atoms with Crippen LogP contribution in [0.1, 0.15) is 258 Å². The number of ether oxygens (including phenoxy) is 3. The molecule has 0 amide bonds. The van der Waals surface area contributed by atoms with Gasteiger partial charge >= 0.3 is 17.9 Å². The Morgan fingerprint density at radius 1 is 0.300 bits per heavy atom. The fourth-order valence-corrected chi connectivity index (χ4v) is 7.65. The van der Waals surface area contributed by atoms with Gasteiger partial charge in [-0.1, -0.05) is 226 Å². The number of hydrogen-bond acceptors (Lipinski definition) is 6. The summed E-state index contributed by atoms with van der Waals surface area (Å²) < 4.78 is 16.8. The highest BCUT2D eigenvalue weighted by atomic mass is 16.6. The van der Waals surface area contributed by atoms with Crippen molar-refractivity contribution in [3.8, 4) is 0 Å². The first-order chi connectivity index (χ1) is 34.5. The highest BCUT2D eigenvalue weighted by Crippen LogP contribution is 2.14. The Labute approximate surface area is 431 Å². The molecule has 0 aliphatic carbocycles. The summed E-state index contributed by atoms with van der Waals surface area (Å²) in [6.07, 6.45) is 78.0. The molecule has 70 heavy (non-hydrogen) atoms. The normalized spacial score (nSPS) is 12.9. The van der Waals surface area contributed by atoms with Crippen LogP contribution in [0.15, 0.2) is 109 Å². The van der Waals surface area contributed by atoms with E-state index in [1.807, 2.05) is 0 Å². The summed E-state index contributed by atoms with van der Waals surface area (Å²) in [5.74, 6) is -0.925. The van der Waals surface area contributed by atoms with Gasteiger partial charge in [0.15, 0.2) is 6.10 Å². The Kier molecular flexibility index (Phi) is 54.4. The average Bonchev–Trinajstić information content (AvgIpc) is 3.36. The topological polar surface area (TPSA) is 78.9 Å². The lowest BCUT2D eigenvalue weighted by Gasteiger charge is -2.18. The molecule has 0 saturated heterocycles. The Bertz CT molecular complexity index is 1440. The van der Waals surface area contributed by atoms with Crippen LogP contribution in [-0.2, 0) is 28.6 Å². The highest BCUT2D eigenvalue weighted by Gasteiger charge is 2.19. The lowest BCUT2D eigenvalue weighted by molar-refractivity contribution is -0.167. The highest BCUT2D eigenvalue weighted by molar-refractivity contribution is 5.71. The van der Waals surface area contributed by atoms with Crippen LogP contribution in [-0.4, -0.2) is 37.2 Å². The molecule has 0 spiro atoms. The van der Waals surface area contributed by atoms with E-state index in [2.05, 4.69) is 130 Å². The fraction of sp³-hybridized carbons (Fsp3) is 0.672. The lowest BCUT2D eigenvalue weighted by Crippen LogP contribution is -2.30. The van der Waals surface area contributed by atoms with Crippen LogP contribution in [0.3, 0.4) is 0 Å². The fourth-order valence-electron chi connectivity index (χ4n) is 7.65. The standard InChI is InChI=1S/C64H106O6/c1-4-7-10-13-16-19-22-24-26-27-28-29-30-31-32-33-34-35-36-37-39-40-42-45-48-51-54-57-63(66)69-60-61(59-68-62(65)56-53-50-47-44-21-18-15-12-9-6-3)70-64(67)58-55-52-49-46-43-41-38-25-23-20-17-14-11-8-5-2/h7,10,12,15-17,19-20,24-26,28-29,31-32,34-35,38,61H,4-6,8-9,11,13-14,18,21-23,27,30,33,36-37,39-60H2,1-3H3/b10-7-,15-12-,19-16-,20-17-,26-24-,29-28-,32-31-,35-34-,38-25-. The van der Waals surface area contributed by atoms with Gasteiger partial charge in [-0.15, -0.1) is 0 Å². The Morgan fingerprint density at radius 3 is 0.943 bits per heavy atom. The van der Waals surface area contributed by atoms with Gasteiger partial charge in [-0.3, -0.25) is 14.4 Å². The number of rotatable bonds is 51. The number of unbranched alkanes of at least 4 members (excludes halogenated alkanes) is 22. The van der Waals surface area contributed by atoms with E-state index in [1.54, 1.807) is 0 Å². The molecular weight excluding hydrogens is 865 g/mol. The van der Waals surface area contributed by atoms with E-state index >= 15 is 0 Å². The molecule has 0 N–H and O–H groups in total. The average molecular weight is 972 g/mol. The van der Waals surface area contributed by atoms with Crippen LogP contribution < -0.4 is 0 Å². The zero-order chi connectivity index (χ0) is 50.7. The monoisotopic (exact) mass is 971 g/mol. The first-order valence-electron chi connectivity index (χ1n) is 28.9. The second-order valence-electron chi connectivity index (χ2n) is 18.8. The smallest absolute Gasteiger partial charge is 0.306 e. The lowest BCUT2D eigenvalue weighted by atomic mass is 10.1. The molecule has 0 aliphatic heterocycles. The number of esters is 3. The third-order valence-corrected chi connectivity index (χ3v) is 12.0. The molecule has 6 heteroatoms. The van der Waals surface area contributed by atoms with Crippen molar-refractivity contribution in [3.63, 3.8) is 0 Å². The molecule has 1 unspecified atom stereocenters. The van der Waals surface area contributed by atoms with Crippen molar-refractivity contribution < 1.29 is 28.6 Å². The first kappa shape index (κ1) is 66.1. The van der Waals surface area contributed by atoms with Gasteiger partial charge < -0.3 is 14.2 Å². The number of hydrogen-bond donors (Lipinski definition) is 0. The molecule has 0 aliphatic rings. The van der Waals surface area contributed by atoms with Gasteiger partial charge in [-0.2, -0.15) is 0 Å². The largest absolute Gasteiger partial charge is 0.462 e. The van der Waals surface area contributed by atoms with Gasteiger partial charge in [0.2, 0.25) is 0 Å². The first-order valence-corrected chi connectivity index (χ1v) is 28.9. The number of carbonyl (C=O) groups is 3. The zero-order valence-corrected chi connectivity index (χ0v) is 45.5. The van der Waals surface area contributed by atoms with Crippen molar-refractivity contribution in [2.75, 3.05) is 13.2 Å². The molecule has 0 rings (SSSR count). The van der Waals surface area contributed by atoms with E-state index in [4.69, 9.17) is 14.2 Å². The summed E-state index contributed by atoms with van der Waals surface area (Å²) in [6, 6.07) is 0. The predicted molar refractivity (Wildman–Crippen MR) is 302 cm³/mol. The molecule has 0 aromatic heterocycles. The molecule has 0 aromatic rings. The SMILES string of the molecule is CC/C=C\C/C=C\C/C=C\C/C=C\C/C=C\C/C=C\CCCCCCCCCCC(=O)OCC(COC(=O)CCCCCCC/C=C\CCC)OC(=O)CCCCCCC/C=C\C/C=C\CCCCC. The van der Waals surface area contributed by atoms with Crippen LogP contribution in [0.25, 0.3) is 0 Å². The molecule has 6 nitrogen and oxygen atoms in total. The van der Waals surface area contributed by atoms with E-state index in [-0.39, 0.29) is 31.1 Å². The summed E-state index contributed by atoms with van der Waals surface area (Å²) in [5.41, 5.74) is 0. The maximum Gasteiger partial charge on any atom is 0.306 e. The van der Waals surface area contributed by atoms with Gasteiger partial charge in [0.1, 0.15) is 13.2 Å². The van der Waals surface area contributed by atoms with E-state index in [9.17, 15) is 14.4 Å². The van der Waals surface area contributed by atoms with Crippen LogP contribution >= 0.6 is 0 Å². The van der Waals surface area contributed by atoms with Crippen molar-refractivity contribution >= 4 is 17.9 Å². The molecule has 0 saturated carbocycles. The molecule has 0 aromatic carbocycles. The molecular formula is C64H106O6. The third kappa shape index (κ3) is 55.0. The second-order valence-corrected chi connectivity index (χ2v) is 18.8. The van der Waals surface area contributed by atoms with Crippen molar-refractivity contribution in [3.05, 3.63) is 109 Å². The minimum absolute atomic E-state index is 0.0918. The van der Waals surface area contributed by atoms with E-state index in [0.717, 1.165) is 148 Å². The Morgan fingerprint density at radius 2 is 0.586 bits per heavy atom. The molecule has 0 radical (unpaired) electrons. The molecule has 0 bridgehead atoms. The van der Waals surface area contributed by atoms with Crippen molar-refractivity contribution in [1.82, 2.24) is 0 Å². The summed E-state index contributed by atoms with van der Waals surface area (Å²) in [5, 5.41) is 0. The van der Waals surface area contributed by atoms with E-state index < -0.39 is 6.10 Å². The quantitative estimate of drug-likeness (QED) is 0.0262. The van der Waals surface area contributed by atoms with Gasteiger partial charge in [0.25, 0.3) is 0 Å². The zero-order valence-electron chi connectivity index (χ0n) is 45.5. The minimum Gasteiger partial charge on any atom is -0.462 e. The Hall–Kier alpha value is -3.93. The second kappa shape index (κ2) is 57.6. The number of allylic oxidation sites excluding steroid dienone is 18. The third-order valence-electron chi connectivity index (χ3n) is 12.0. The van der Waals surface area contributed by atoms with Crippen molar-refractivity contribution in [1.29, 1.82) is 0 Å². The summed E-state index contributed by atoms with van der Waals surface area (Å²) in [4.78, 5) is 38.1. The van der Waals surface area contributed by atoms with E-state index in [0.29, 0.717) is 19.3 Å². The molecule has 0 fully saturated rings. The summed E-state index contributed by atoms with van der Waals surface area (Å²) in [6.45, 7) is 6.41. The van der Waals surface area contributed by atoms with Crippen LogP contribution in [0, 0.1) is 0 Å². The van der Waals surface area contributed by atoms with Gasteiger partial charge in [0.05, 0.1) is 0 Å². The maximum absolute atomic E-state index is 12.8.